The predicted molar refractivity (Wildman–Crippen MR) is 68.2 cm³/mol. The first-order valence-corrected chi connectivity index (χ1v) is 5.48. The van der Waals surface area contributed by atoms with E-state index in [0.717, 1.165) is 11.3 Å². The molecule has 0 bridgehead atoms. The van der Waals surface area contributed by atoms with E-state index in [9.17, 15) is 4.39 Å². The van der Waals surface area contributed by atoms with Crippen molar-refractivity contribution in [3.05, 3.63) is 53.5 Å². The van der Waals surface area contributed by atoms with Gasteiger partial charge in [0.2, 0.25) is 0 Å². The monoisotopic (exact) mass is 241 g/mol. The van der Waals surface area contributed by atoms with Gasteiger partial charge >= 0.3 is 0 Å². The van der Waals surface area contributed by atoms with Gasteiger partial charge in [-0.25, -0.2) is 9.37 Å². The van der Waals surface area contributed by atoms with Crippen molar-refractivity contribution in [3.8, 4) is 6.07 Å². The molecule has 0 aliphatic heterocycles. The number of aryl methyl sites for hydroxylation is 1. The SMILES string of the molecule is Cc1ccnc(N(C)c2ccc(F)cc2)c1C#N. The third-order valence-electron chi connectivity index (χ3n) is 2.78. The van der Waals surface area contributed by atoms with Gasteiger partial charge < -0.3 is 4.90 Å². The Morgan fingerprint density at radius 2 is 1.89 bits per heavy atom. The Hall–Kier alpha value is -2.41. The average molecular weight is 241 g/mol. The fourth-order valence-electron chi connectivity index (χ4n) is 1.72. The van der Waals surface area contributed by atoms with E-state index >= 15 is 0 Å². The van der Waals surface area contributed by atoms with Gasteiger partial charge in [0.25, 0.3) is 0 Å². The van der Waals surface area contributed by atoms with Crippen LogP contribution in [0.15, 0.2) is 36.5 Å². The van der Waals surface area contributed by atoms with Crippen LogP contribution in [-0.4, -0.2) is 12.0 Å². The molecule has 0 fully saturated rings. The number of hydrogen-bond donors (Lipinski definition) is 0. The van der Waals surface area contributed by atoms with Crippen molar-refractivity contribution >= 4 is 11.5 Å². The zero-order valence-electron chi connectivity index (χ0n) is 10.2. The molecule has 0 amide bonds. The standard InChI is InChI=1S/C14H12FN3/c1-10-7-8-17-14(13(10)9-16)18(2)12-5-3-11(15)4-6-12/h3-8H,1-2H3. The first kappa shape index (κ1) is 12.1. The smallest absolute Gasteiger partial charge is 0.150 e. The summed E-state index contributed by atoms with van der Waals surface area (Å²) in [5, 5.41) is 9.16. The van der Waals surface area contributed by atoms with Gasteiger partial charge in [-0.15, -0.1) is 0 Å². The average Bonchev–Trinajstić information content (AvgIpc) is 2.38. The van der Waals surface area contributed by atoms with Crippen LogP contribution in [0, 0.1) is 24.1 Å². The molecule has 0 atom stereocenters. The first-order chi connectivity index (χ1) is 8.63. The molecule has 0 radical (unpaired) electrons. The first-order valence-electron chi connectivity index (χ1n) is 5.48. The summed E-state index contributed by atoms with van der Waals surface area (Å²) in [6.07, 6.45) is 1.66. The molecular formula is C14H12FN3. The molecule has 1 heterocycles. The van der Waals surface area contributed by atoms with Crippen molar-refractivity contribution in [1.29, 1.82) is 5.26 Å². The molecule has 2 rings (SSSR count). The van der Waals surface area contributed by atoms with Crippen LogP contribution in [0.3, 0.4) is 0 Å². The van der Waals surface area contributed by atoms with E-state index in [-0.39, 0.29) is 5.82 Å². The molecule has 0 spiro atoms. The number of rotatable bonds is 2. The topological polar surface area (TPSA) is 39.9 Å². The molecular weight excluding hydrogens is 229 g/mol. The lowest BCUT2D eigenvalue weighted by Gasteiger charge is -2.19. The summed E-state index contributed by atoms with van der Waals surface area (Å²) >= 11 is 0. The van der Waals surface area contributed by atoms with Gasteiger partial charge in [0.1, 0.15) is 11.9 Å². The normalized spacial score (nSPS) is 9.89. The van der Waals surface area contributed by atoms with Crippen molar-refractivity contribution in [3.63, 3.8) is 0 Å². The molecule has 1 aromatic heterocycles. The largest absolute Gasteiger partial charge is 0.328 e. The number of nitriles is 1. The molecule has 0 unspecified atom stereocenters. The van der Waals surface area contributed by atoms with Crippen LogP contribution in [0.25, 0.3) is 0 Å². The highest BCUT2D eigenvalue weighted by molar-refractivity contribution is 5.66. The summed E-state index contributed by atoms with van der Waals surface area (Å²) in [6, 6.07) is 10.0. The highest BCUT2D eigenvalue weighted by Gasteiger charge is 2.12. The van der Waals surface area contributed by atoms with Gasteiger partial charge in [-0.1, -0.05) is 0 Å². The second-order valence-corrected chi connectivity index (χ2v) is 3.97. The minimum absolute atomic E-state index is 0.287. The molecule has 0 aliphatic rings. The summed E-state index contributed by atoms with van der Waals surface area (Å²) in [4.78, 5) is 5.99. The van der Waals surface area contributed by atoms with Gasteiger partial charge in [0, 0.05) is 18.9 Å². The predicted octanol–water partition coefficient (Wildman–Crippen LogP) is 3.17. The minimum Gasteiger partial charge on any atom is -0.328 e. The van der Waals surface area contributed by atoms with E-state index in [1.54, 1.807) is 36.3 Å². The molecule has 2 aromatic rings. The Bertz CT molecular complexity index is 599. The number of anilines is 2. The third kappa shape index (κ3) is 2.16. The zero-order chi connectivity index (χ0) is 13.1. The molecule has 0 saturated carbocycles. The number of nitrogens with zero attached hydrogens (tertiary/aromatic N) is 3. The maximum Gasteiger partial charge on any atom is 0.150 e. The van der Waals surface area contributed by atoms with E-state index in [4.69, 9.17) is 5.26 Å². The quantitative estimate of drug-likeness (QED) is 0.810. The highest BCUT2D eigenvalue weighted by Crippen LogP contribution is 2.26. The van der Waals surface area contributed by atoms with Crippen molar-refractivity contribution in [2.45, 2.75) is 6.92 Å². The van der Waals surface area contributed by atoms with Crippen LogP contribution >= 0.6 is 0 Å². The van der Waals surface area contributed by atoms with Crippen molar-refractivity contribution in [2.24, 2.45) is 0 Å². The highest BCUT2D eigenvalue weighted by atomic mass is 19.1. The Morgan fingerprint density at radius 1 is 1.22 bits per heavy atom. The molecule has 4 heteroatoms. The molecule has 90 valence electrons. The molecule has 1 aromatic carbocycles. The van der Waals surface area contributed by atoms with Crippen LogP contribution in [0.2, 0.25) is 0 Å². The van der Waals surface area contributed by atoms with Crippen molar-refractivity contribution < 1.29 is 4.39 Å². The van der Waals surface area contributed by atoms with Gasteiger partial charge in [-0.05, 0) is 42.8 Å². The summed E-state index contributed by atoms with van der Waals surface area (Å²) in [7, 11) is 1.80. The number of halogens is 1. The molecule has 0 saturated heterocycles. The maximum absolute atomic E-state index is 12.9. The van der Waals surface area contributed by atoms with Crippen LogP contribution in [-0.2, 0) is 0 Å². The van der Waals surface area contributed by atoms with E-state index in [2.05, 4.69) is 11.1 Å². The second kappa shape index (κ2) is 4.84. The van der Waals surface area contributed by atoms with E-state index in [0.29, 0.717) is 11.4 Å². The number of hydrogen-bond acceptors (Lipinski definition) is 3. The lowest BCUT2D eigenvalue weighted by Crippen LogP contribution is -2.13. The van der Waals surface area contributed by atoms with Gasteiger partial charge in [0.05, 0.1) is 5.56 Å². The molecule has 0 aliphatic carbocycles. The summed E-state index contributed by atoms with van der Waals surface area (Å²) in [6.45, 7) is 1.86. The number of benzene rings is 1. The maximum atomic E-state index is 12.9. The van der Waals surface area contributed by atoms with Crippen molar-refractivity contribution in [1.82, 2.24) is 4.98 Å². The van der Waals surface area contributed by atoms with E-state index in [1.807, 2.05) is 6.92 Å². The second-order valence-electron chi connectivity index (χ2n) is 3.97. The van der Waals surface area contributed by atoms with E-state index < -0.39 is 0 Å². The minimum atomic E-state index is -0.287. The Morgan fingerprint density at radius 3 is 2.50 bits per heavy atom. The number of aromatic nitrogens is 1. The van der Waals surface area contributed by atoms with Crippen LogP contribution < -0.4 is 4.90 Å². The van der Waals surface area contributed by atoms with Gasteiger partial charge in [-0.2, -0.15) is 5.26 Å². The van der Waals surface area contributed by atoms with Crippen LogP contribution in [0.1, 0.15) is 11.1 Å². The van der Waals surface area contributed by atoms with Gasteiger partial charge in [0.15, 0.2) is 5.82 Å². The molecule has 3 nitrogen and oxygen atoms in total. The Balaban J connectivity index is 2.46. The van der Waals surface area contributed by atoms with Crippen LogP contribution in [0.4, 0.5) is 15.9 Å². The van der Waals surface area contributed by atoms with Gasteiger partial charge in [-0.3, -0.25) is 0 Å². The fraction of sp³-hybridized carbons (Fsp3) is 0.143. The Kier molecular flexibility index (Phi) is 3.24. The summed E-state index contributed by atoms with van der Waals surface area (Å²) in [5.41, 5.74) is 2.19. The lowest BCUT2D eigenvalue weighted by atomic mass is 10.1. The summed E-state index contributed by atoms with van der Waals surface area (Å²) < 4.78 is 12.9. The van der Waals surface area contributed by atoms with E-state index in [1.165, 1.54) is 12.1 Å². The lowest BCUT2D eigenvalue weighted by molar-refractivity contribution is 0.628. The number of pyridine rings is 1. The zero-order valence-corrected chi connectivity index (χ0v) is 10.2. The third-order valence-corrected chi connectivity index (χ3v) is 2.78. The molecule has 0 N–H and O–H groups in total. The fourth-order valence-corrected chi connectivity index (χ4v) is 1.72. The molecule has 18 heavy (non-hydrogen) atoms. The Labute approximate surface area is 105 Å². The summed E-state index contributed by atoms with van der Waals surface area (Å²) in [5.74, 6) is 0.286. The van der Waals surface area contributed by atoms with Crippen LogP contribution in [0.5, 0.6) is 0 Å². The van der Waals surface area contributed by atoms with Crippen molar-refractivity contribution in [2.75, 3.05) is 11.9 Å².